The second-order valence-electron chi connectivity index (χ2n) is 3.10. The van der Waals surface area contributed by atoms with Crippen LogP contribution in [0.3, 0.4) is 0 Å². The molecule has 0 saturated heterocycles. The van der Waals surface area contributed by atoms with Gasteiger partial charge in [-0.3, -0.25) is 0 Å². The monoisotopic (exact) mass is 194 g/mol. The van der Waals surface area contributed by atoms with Crippen LogP contribution >= 0.6 is 0 Å². The minimum atomic E-state index is -0.355. The summed E-state index contributed by atoms with van der Waals surface area (Å²) in [6.45, 7) is 0.624. The number of imidazole rings is 1. The van der Waals surface area contributed by atoms with E-state index in [2.05, 4.69) is 15.0 Å². The van der Waals surface area contributed by atoms with E-state index >= 15 is 0 Å². The number of nitrogens with one attached hydrogen (secondary N) is 1. The summed E-state index contributed by atoms with van der Waals surface area (Å²) in [4.78, 5) is 11.1. The van der Waals surface area contributed by atoms with Gasteiger partial charge in [-0.2, -0.15) is 0 Å². The van der Waals surface area contributed by atoms with Gasteiger partial charge in [0.1, 0.15) is 11.6 Å². The molecule has 2 aromatic rings. The lowest BCUT2D eigenvalue weighted by Gasteiger charge is -1.90. The number of hydrogen-bond acceptors (Lipinski definition) is 3. The zero-order chi connectivity index (χ0) is 9.97. The van der Waals surface area contributed by atoms with Crippen molar-refractivity contribution in [1.82, 2.24) is 15.0 Å². The SMILES string of the molecule is NCCCc1nc2ncc(F)cc2[nH]1. The maximum atomic E-state index is 12.8. The van der Waals surface area contributed by atoms with E-state index in [1.165, 1.54) is 6.07 Å². The first kappa shape index (κ1) is 9.08. The average molecular weight is 194 g/mol. The Hall–Kier alpha value is -1.49. The highest BCUT2D eigenvalue weighted by Crippen LogP contribution is 2.10. The Bertz CT molecular complexity index is 437. The Morgan fingerprint density at radius 3 is 3.14 bits per heavy atom. The third-order valence-electron chi connectivity index (χ3n) is 1.97. The van der Waals surface area contributed by atoms with Gasteiger partial charge in [-0.1, -0.05) is 0 Å². The number of nitrogens with zero attached hydrogens (tertiary/aromatic N) is 2. The Morgan fingerprint density at radius 1 is 1.50 bits per heavy atom. The third-order valence-corrected chi connectivity index (χ3v) is 1.97. The summed E-state index contributed by atoms with van der Waals surface area (Å²) in [5, 5.41) is 0. The van der Waals surface area contributed by atoms with Gasteiger partial charge in [-0.05, 0) is 13.0 Å². The zero-order valence-corrected chi connectivity index (χ0v) is 7.63. The smallest absolute Gasteiger partial charge is 0.177 e. The van der Waals surface area contributed by atoms with Gasteiger partial charge in [-0.15, -0.1) is 0 Å². The number of aromatic amines is 1. The molecule has 0 aliphatic heterocycles. The predicted octanol–water partition coefficient (Wildman–Crippen LogP) is 0.988. The molecule has 3 N–H and O–H groups in total. The van der Waals surface area contributed by atoms with Crippen LogP contribution in [0, 0.1) is 5.82 Å². The molecule has 0 fully saturated rings. The van der Waals surface area contributed by atoms with Crippen LogP contribution in [0.4, 0.5) is 4.39 Å². The van der Waals surface area contributed by atoms with Gasteiger partial charge in [-0.25, -0.2) is 14.4 Å². The summed E-state index contributed by atoms with van der Waals surface area (Å²) >= 11 is 0. The van der Waals surface area contributed by atoms with Gasteiger partial charge >= 0.3 is 0 Å². The molecule has 0 aliphatic carbocycles. The van der Waals surface area contributed by atoms with E-state index in [1.54, 1.807) is 0 Å². The Labute approximate surface area is 80.4 Å². The summed E-state index contributed by atoms with van der Waals surface area (Å²) in [5.74, 6) is 0.454. The molecular formula is C9H11FN4. The zero-order valence-electron chi connectivity index (χ0n) is 7.63. The summed E-state index contributed by atoms with van der Waals surface area (Å²) in [7, 11) is 0. The molecule has 5 heteroatoms. The Balaban J connectivity index is 2.32. The highest BCUT2D eigenvalue weighted by molar-refractivity contribution is 5.70. The lowest BCUT2D eigenvalue weighted by molar-refractivity contribution is 0.624. The van der Waals surface area contributed by atoms with Crippen molar-refractivity contribution in [2.75, 3.05) is 6.54 Å². The highest BCUT2D eigenvalue weighted by atomic mass is 19.1. The van der Waals surface area contributed by atoms with Crippen LogP contribution in [0.15, 0.2) is 12.3 Å². The van der Waals surface area contributed by atoms with E-state index in [4.69, 9.17) is 5.73 Å². The van der Waals surface area contributed by atoms with Crippen molar-refractivity contribution in [2.45, 2.75) is 12.8 Å². The largest absolute Gasteiger partial charge is 0.341 e. The van der Waals surface area contributed by atoms with Crippen molar-refractivity contribution >= 4 is 11.2 Å². The van der Waals surface area contributed by atoms with Gasteiger partial charge < -0.3 is 10.7 Å². The van der Waals surface area contributed by atoms with Gasteiger partial charge in [0.25, 0.3) is 0 Å². The number of rotatable bonds is 3. The van der Waals surface area contributed by atoms with Crippen LogP contribution in [0.2, 0.25) is 0 Å². The van der Waals surface area contributed by atoms with Crippen molar-refractivity contribution in [3.05, 3.63) is 23.9 Å². The molecule has 4 nitrogen and oxygen atoms in total. The van der Waals surface area contributed by atoms with Gasteiger partial charge in [0, 0.05) is 12.5 Å². The lowest BCUT2D eigenvalue weighted by Crippen LogP contribution is -2.01. The first-order valence-electron chi connectivity index (χ1n) is 4.50. The minimum Gasteiger partial charge on any atom is -0.341 e. The number of H-pyrrole nitrogens is 1. The molecule has 0 spiro atoms. The van der Waals surface area contributed by atoms with Gasteiger partial charge in [0.05, 0.1) is 11.7 Å². The summed E-state index contributed by atoms with van der Waals surface area (Å²) in [5.41, 5.74) is 6.57. The van der Waals surface area contributed by atoms with Crippen molar-refractivity contribution < 1.29 is 4.39 Å². The number of fused-ring (bicyclic) bond motifs is 1. The summed E-state index contributed by atoms with van der Waals surface area (Å²) in [6, 6.07) is 1.39. The van der Waals surface area contributed by atoms with E-state index in [0.717, 1.165) is 24.9 Å². The molecule has 0 bridgehead atoms. The van der Waals surface area contributed by atoms with Gasteiger partial charge in [0.2, 0.25) is 0 Å². The summed E-state index contributed by atoms with van der Waals surface area (Å²) < 4.78 is 12.8. The molecule has 2 aromatic heterocycles. The van der Waals surface area contributed by atoms with E-state index in [0.29, 0.717) is 17.7 Å². The first-order valence-corrected chi connectivity index (χ1v) is 4.50. The van der Waals surface area contributed by atoms with E-state index in [-0.39, 0.29) is 5.82 Å². The van der Waals surface area contributed by atoms with Crippen LogP contribution in [0.5, 0.6) is 0 Å². The molecule has 0 aromatic carbocycles. The van der Waals surface area contributed by atoms with Crippen LogP contribution in [-0.4, -0.2) is 21.5 Å². The fourth-order valence-electron chi connectivity index (χ4n) is 1.31. The number of nitrogens with two attached hydrogens (primary N) is 1. The second kappa shape index (κ2) is 3.71. The van der Waals surface area contributed by atoms with Crippen LogP contribution < -0.4 is 5.73 Å². The van der Waals surface area contributed by atoms with E-state index in [1.807, 2.05) is 0 Å². The Kier molecular flexibility index (Phi) is 2.41. The molecular weight excluding hydrogens is 183 g/mol. The van der Waals surface area contributed by atoms with Crippen molar-refractivity contribution in [3.8, 4) is 0 Å². The highest BCUT2D eigenvalue weighted by Gasteiger charge is 2.03. The maximum absolute atomic E-state index is 12.8. The summed E-state index contributed by atoms with van der Waals surface area (Å²) in [6.07, 6.45) is 2.80. The standard InChI is InChI=1S/C9H11FN4/c10-6-4-7-9(12-5-6)14-8(13-7)2-1-3-11/h4-5H,1-3,11H2,(H,12,13,14). The topological polar surface area (TPSA) is 67.6 Å². The maximum Gasteiger partial charge on any atom is 0.177 e. The van der Waals surface area contributed by atoms with E-state index in [9.17, 15) is 4.39 Å². The second-order valence-corrected chi connectivity index (χ2v) is 3.10. The number of aryl methyl sites for hydroxylation is 1. The van der Waals surface area contributed by atoms with Crippen LogP contribution in [0.25, 0.3) is 11.2 Å². The molecule has 0 atom stereocenters. The molecule has 0 amide bonds. The van der Waals surface area contributed by atoms with Crippen LogP contribution in [-0.2, 0) is 6.42 Å². The molecule has 0 radical (unpaired) electrons. The van der Waals surface area contributed by atoms with Crippen molar-refractivity contribution in [1.29, 1.82) is 0 Å². The number of aromatic nitrogens is 3. The third kappa shape index (κ3) is 1.72. The van der Waals surface area contributed by atoms with Gasteiger partial charge in [0.15, 0.2) is 5.65 Å². The molecule has 0 saturated carbocycles. The normalized spacial score (nSPS) is 11.0. The predicted molar refractivity (Wildman–Crippen MR) is 51.2 cm³/mol. The average Bonchev–Trinajstić information content (AvgIpc) is 2.56. The molecule has 14 heavy (non-hydrogen) atoms. The fourth-order valence-corrected chi connectivity index (χ4v) is 1.31. The number of halogens is 1. The van der Waals surface area contributed by atoms with Crippen molar-refractivity contribution in [2.24, 2.45) is 5.73 Å². The number of hydrogen-bond donors (Lipinski definition) is 2. The first-order chi connectivity index (χ1) is 6.79. The quantitative estimate of drug-likeness (QED) is 0.765. The van der Waals surface area contributed by atoms with Crippen LogP contribution in [0.1, 0.15) is 12.2 Å². The molecule has 2 heterocycles. The minimum absolute atomic E-state index is 0.355. The van der Waals surface area contributed by atoms with E-state index < -0.39 is 0 Å². The molecule has 2 rings (SSSR count). The molecule has 0 aliphatic rings. The fraction of sp³-hybridized carbons (Fsp3) is 0.333. The number of pyridine rings is 1. The Morgan fingerprint density at radius 2 is 2.36 bits per heavy atom. The molecule has 74 valence electrons. The lowest BCUT2D eigenvalue weighted by atomic mass is 10.3. The molecule has 0 unspecified atom stereocenters. The van der Waals surface area contributed by atoms with Crippen molar-refractivity contribution in [3.63, 3.8) is 0 Å².